The number of aromatic nitrogens is 1. The number of methoxy groups -OCH3 is 1. The molecule has 1 amide bonds. The van der Waals surface area contributed by atoms with Crippen molar-refractivity contribution in [3.63, 3.8) is 0 Å². The van der Waals surface area contributed by atoms with Crippen LogP contribution in [-0.4, -0.2) is 49.1 Å². The minimum Gasteiger partial charge on any atom is -0.493 e. The van der Waals surface area contributed by atoms with Gasteiger partial charge in [-0.3, -0.25) is 9.69 Å². The van der Waals surface area contributed by atoms with Crippen molar-refractivity contribution in [2.24, 2.45) is 0 Å². The predicted molar refractivity (Wildman–Crippen MR) is 128 cm³/mol. The molecule has 0 N–H and O–H groups in total. The maximum absolute atomic E-state index is 13.6. The van der Waals surface area contributed by atoms with Crippen molar-refractivity contribution < 1.29 is 23.0 Å². The molecule has 3 aromatic rings. The molecule has 0 atom stereocenters. The number of fused-ring (bicyclic) bond motifs is 1. The SMILES string of the molecule is COc1cc(N2Cc3ccc(Cc4ccc(F)c(F)c4)nc3C2=O)ccc1OCCN1CCCC1. The number of amides is 1. The Morgan fingerprint density at radius 3 is 2.57 bits per heavy atom. The molecule has 6 nitrogen and oxygen atoms in total. The summed E-state index contributed by atoms with van der Waals surface area (Å²) in [6.45, 7) is 4.09. The largest absolute Gasteiger partial charge is 0.493 e. The Bertz CT molecular complexity index is 1240. The lowest BCUT2D eigenvalue weighted by molar-refractivity contribution is 0.0992. The summed E-state index contributed by atoms with van der Waals surface area (Å²) >= 11 is 0. The molecule has 0 radical (unpaired) electrons. The molecule has 5 rings (SSSR count). The summed E-state index contributed by atoms with van der Waals surface area (Å²) in [7, 11) is 1.58. The molecule has 182 valence electrons. The summed E-state index contributed by atoms with van der Waals surface area (Å²) in [5.74, 6) is -0.786. The first-order valence-corrected chi connectivity index (χ1v) is 11.8. The molecule has 0 bridgehead atoms. The molecule has 0 spiro atoms. The Kier molecular flexibility index (Phi) is 6.63. The fraction of sp³-hybridized carbons (Fsp3) is 0.333. The van der Waals surface area contributed by atoms with E-state index in [-0.39, 0.29) is 5.91 Å². The summed E-state index contributed by atoms with van der Waals surface area (Å²) in [6, 6.07) is 12.9. The van der Waals surface area contributed by atoms with Crippen molar-refractivity contribution in [1.82, 2.24) is 9.88 Å². The van der Waals surface area contributed by atoms with E-state index >= 15 is 0 Å². The molecule has 2 aliphatic rings. The summed E-state index contributed by atoms with van der Waals surface area (Å²) in [4.78, 5) is 21.7. The normalized spacial score (nSPS) is 15.5. The fourth-order valence-electron chi connectivity index (χ4n) is 4.61. The molecular weight excluding hydrogens is 452 g/mol. The number of carbonyl (C=O) groups excluding carboxylic acids is 1. The van der Waals surface area contributed by atoms with Gasteiger partial charge in [-0.1, -0.05) is 12.1 Å². The first-order chi connectivity index (χ1) is 17.0. The van der Waals surface area contributed by atoms with Crippen LogP contribution in [-0.2, 0) is 13.0 Å². The van der Waals surface area contributed by atoms with Gasteiger partial charge in [0.15, 0.2) is 23.1 Å². The second kappa shape index (κ2) is 10.00. The van der Waals surface area contributed by atoms with E-state index < -0.39 is 11.6 Å². The molecule has 0 saturated carbocycles. The highest BCUT2D eigenvalue weighted by atomic mass is 19.2. The molecular formula is C27H27F2N3O3. The Hall–Kier alpha value is -3.52. The zero-order chi connectivity index (χ0) is 24.4. The molecule has 8 heteroatoms. The fourth-order valence-corrected chi connectivity index (χ4v) is 4.61. The van der Waals surface area contributed by atoms with E-state index in [9.17, 15) is 13.6 Å². The van der Waals surface area contributed by atoms with E-state index in [0.29, 0.717) is 53.7 Å². The summed E-state index contributed by atoms with van der Waals surface area (Å²) in [5, 5.41) is 0. The van der Waals surface area contributed by atoms with Gasteiger partial charge in [-0.25, -0.2) is 13.8 Å². The third kappa shape index (κ3) is 4.98. The lowest BCUT2D eigenvalue weighted by atomic mass is 10.1. The van der Waals surface area contributed by atoms with Crippen LogP contribution < -0.4 is 14.4 Å². The summed E-state index contributed by atoms with van der Waals surface area (Å²) < 4.78 is 38.3. The molecule has 35 heavy (non-hydrogen) atoms. The van der Waals surface area contributed by atoms with Gasteiger partial charge in [-0.05, 0) is 61.8 Å². The van der Waals surface area contributed by atoms with E-state index in [2.05, 4.69) is 9.88 Å². The third-order valence-electron chi connectivity index (χ3n) is 6.50. The number of nitrogens with zero attached hydrogens (tertiary/aromatic N) is 3. The summed E-state index contributed by atoms with van der Waals surface area (Å²) in [5.41, 5.74) is 3.08. The van der Waals surface area contributed by atoms with Crippen LogP contribution in [0.2, 0.25) is 0 Å². The van der Waals surface area contributed by atoms with E-state index in [1.54, 1.807) is 18.1 Å². The lowest BCUT2D eigenvalue weighted by Crippen LogP contribution is -2.25. The Morgan fingerprint density at radius 1 is 0.971 bits per heavy atom. The van der Waals surface area contributed by atoms with Gasteiger partial charge in [0.1, 0.15) is 12.3 Å². The van der Waals surface area contributed by atoms with Crippen molar-refractivity contribution in [2.45, 2.75) is 25.8 Å². The van der Waals surface area contributed by atoms with Crippen LogP contribution >= 0.6 is 0 Å². The highest BCUT2D eigenvalue weighted by Gasteiger charge is 2.31. The maximum Gasteiger partial charge on any atom is 0.277 e. The van der Waals surface area contributed by atoms with Crippen molar-refractivity contribution in [2.75, 3.05) is 38.3 Å². The molecule has 2 aromatic carbocycles. The van der Waals surface area contributed by atoms with Crippen molar-refractivity contribution in [1.29, 1.82) is 0 Å². The number of carbonyl (C=O) groups is 1. The molecule has 2 aliphatic heterocycles. The first-order valence-electron chi connectivity index (χ1n) is 11.8. The van der Waals surface area contributed by atoms with Crippen molar-refractivity contribution in [3.05, 3.63) is 82.7 Å². The first kappa shape index (κ1) is 23.2. The van der Waals surface area contributed by atoms with Gasteiger partial charge < -0.3 is 14.4 Å². The van der Waals surface area contributed by atoms with Crippen LogP contribution in [0.5, 0.6) is 11.5 Å². The lowest BCUT2D eigenvalue weighted by Gasteiger charge is -2.19. The van der Waals surface area contributed by atoms with Crippen molar-refractivity contribution >= 4 is 11.6 Å². The van der Waals surface area contributed by atoms with E-state index in [1.165, 1.54) is 18.9 Å². The number of rotatable bonds is 8. The molecule has 1 saturated heterocycles. The van der Waals surface area contributed by atoms with E-state index in [0.717, 1.165) is 37.3 Å². The van der Waals surface area contributed by atoms with Gasteiger partial charge in [0.05, 0.1) is 13.7 Å². The molecule has 1 aromatic heterocycles. The second-order valence-electron chi connectivity index (χ2n) is 8.86. The number of benzene rings is 2. The van der Waals surface area contributed by atoms with Crippen LogP contribution in [0.1, 0.15) is 40.2 Å². The monoisotopic (exact) mass is 479 g/mol. The van der Waals surface area contributed by atoms with Gasteiger partial charge in [0, 0.05) is 36.0 Å². The van der Waals surface area contributed by atoms with Crippen LogP contribution in [0, 0.1) is 11.6 Å². The quantitative estimate of drug-likeness (QED) is 0.473. The number of halogens is 2. The molecule has 0 unspecified atom stereocenters. The Labute approximate surface area is 203 Å². The predicted octanol–water partition coefficient (Wildman–Crippen LogP) is 4.59. The zero-order valence-electron chi connectivity index (χ0n) is 19.6. The number of likely N-dealkylation sites (tertiary alicyclic amines) is 1. The van der Waals surface area contributed by atoms with Crippen LogP contribution in [0.15, 0.2) is 48.5 Å². The van der Waals surface area contributed by atoms with Crippen LogP contribution in [0.3, 0.4) is 0 Å². The standard InChI is InChI=1S/C27H27F2N3O3/c1-34-25-16-21(7-9-24(25)35-13-12-31-10-2-3-11-31)32-17-19-5-6-20(30-26(19)27(32)33)14-18-4-8-22(28)23(29)15-18/h4-9,15-16H,2-3,10-14,17H2,1H3. The Balaban J connectivity index is 1.28. The van der Waals surface area contributed by atoms with Gasteiger partial charge >= 0.3 is 0 Å². The topological polar surface area (TPSA) is 54.9 Å². The van der Waals surface area contributed by atoms with Crippen LogP contribution in [0.4, 0.5) is 14.5 Å². The maximum atomic E-state index is 13.6. The van der Waals surface area contributed by atoms with Gasteiger partial charge in [-0.15, -0.1) is 0 Å². The summed E-state index contributed by atoms with van der Waals surface area (Å²) in [6.07, 6.45) is 2.78. The highest BCUT2D eigenvalue weighted by molar-refractivity contribution is 6.08. The third-order valence-corrected chi connectivity index (χ3v) is 6.50. The Morgan fingerprint density at radius 2 is 1.80 bits per heavy atom. The smallest absolute Gasteiger partial charge is 0.277 e. The van der Waals surface area contributed by atoms with E-state index in [4.69, 9.17) is 9.47 Å². The second-order valence-corrected chi connectivity index (χ2v) is 8.86. The number of hydrogen-bond donors (Lipinski definition) is 0. The average Bonchev–Trinajstić information content (AvgIpc) is 3.50. The van der Waals surface area contributed by atoms with Crippen LogP contribution in [0.25, 0.3) is 0 Å². The number of ether oxygens (including phenoxy) is 2. The average molecular weight is 480 g/mol. The minimum absolute atomic E-state index is 0.211. The van der Waals surface area contributed by atoms with Gasteiger partial charge in [-0.2, -0.15) is 0 Å². The molecule has 0 aliphatic carbocycles. The van der Waals surface area contributed by atoms with Crippen molar-refractivity contribution in [3.8, 4) is 11.5 Å². The number of pyridine rings is 1. The van der Waals surface area contributed by atoms with Gasteiger partial charge in [0.2, 0.25) is 0 Å². The van der Waals surface area contributed by atoms with E-state index in [1.807, 2.05) is 24.3 Å². The minimum atomic E-state index is -0.900. The highest BCUT2D eigenvalue weighted by Crippen LogP contribution is 2.35. The van der Waals surface area contributed by atoms with Gasteiger partial charge in [0.25, 0.3) is 5.91 Å². The zero-order valence-corrected chi connectivity index (χ0v) is 19.6. The molecule has 1 fully saturated rings. The number of hydrogen-bond acceptors (Lipinski definition) is 5. The molecule has 3 heterocycles. The number of anilines is 1.